The molecule has 0 fully saturated rings. The van der Waals surface area contributed by atoms with E-state index in [1.807, 2.05) is 26.0 Å². The fourth-order valence-electron chi connectivity index (χ4n) is 1.36. The molecule has 1 nitrogen and oxygen atoms in total. The van der Waals surface area contributed by atoms with Crippen molar-refractivity contribution in [3.8, 4) is 0 Å². The first-order chi connectivity index (χ1) is 6.40. The van der Waals surface area contributed by atoms with Crippen LogP contribution in [0.4, 0.5) is 4.39 Å². The van der Waals surface area contributed by atoms with Gasteiger partial charge in [-0.2, -0.15) is 0 Å². The smallest absolute Gasteiger partial charge is 0.129 e. The Labute approximate surface area is 85.1 Å². The second kappa shape index (κ2) is 4.09. The van der Waals surface area contributed by atoms with E-state index in [0.717, 1.165) is 12.0 Å². The van der Waals surface area contributed by atoms with Crippen LogP contribution in [0.25, 0.3) is 0 Å². The van der Waals surface area contributed by atoms with Crippen molar-refractivity contribution in [1.82, 2.24) is 0 Å². The lowest BCUT2D eigenvalue weighted by Crippen LogP contribution is -2.32. The van der Waals surface area contributed by atoms with Gasteiger partial charge in [0.05, 0.1) is 0 Å². The third kappa shape index (κ3) is 3.11. The van der Waals surface area contributed by atoms with E-state index in [0.29, 0.717) is 12.0 Å². The number of nitrogens with two attached hydrogens (primary N) is 1. The molecule has 0 saturated carbocycles. The average Bonchev–Trinajstić information content (AvgIpc) is 2.06. The summed E-state index contributed by atoms with van der Waals surface area (Å²) in [6.07, 6.45) is 1.50. The second-order valence-corrected chi connectivity index (χ2v) is 4.54. The van der Waals surface area contributed by atoms with E-state index in [1.54, 1.807) is 13.0 Å². The number of hydrogen-bond donors (Lipinski definition) is 1. The SMILES string of the molecule is Cc1cccc(CCC(C)(C)N)c1F. The summed E-state index contributed by atoms with van der Waals surface area (Å²) in [5, 5.41) is 0. The Kier molecular flexibility index (Phi) is 3.27. The quantitative estimate of drug-likeness (QED) is 0.788. The summed E-state index contributed by atoms with van der Waals surface area (Å²) in [5.74, 6) is -0.0863. The van der Waals surface area contributed by atoms with Gasteiger partial charge in [-0.05, 0) is 44.7 Å². The first-order valence-corrected chi connectivity index (χ1v) is 4.93. The molecule has 0 aliphatic heterocycles. The highest BCUT2D eigenvalue weighted by atomic mass is 19.1. The monoisotopic (exact) mass is 195 g/mol. The Morgan fingerprint density at radius 3 is 2.57 bits per heavy atom. The zero-order valence-electron chi connectivity index (χ0n) is 9.10. The van der Waals surface area contributed by atoms with E-state index in [2.05, 4.69) is 0 Å². The van der Waals surface area contributed by atoms with Gasteiger partial charge in [-0.25, -0.2) is 4.39 Å². The zero-order valence-corrected chi connectivity index (χ0v) is 9.10. The fourth-order valence-corrected chi connectivity index (χ4v) is 1.36. The van der Waals surface area contributed by atoms with Crippen LogP contribution in [-0.4, -0.2) is 5.54 Å². The normalized spacial score (nSPS) is 11.8. The Bertz CT molecular complexity index is 313. The molecular formula is C12H18FN. The maximum Gasteiger partial charge on any atom is 0.129 e. The summed E-state index contributed by atoms with van der Waals surface area (Å²) in [5.41, 5.74) is 7.10. The summed E-state index contributed by atoms with van der Waals surface area (Å²) in [7, 11) is 0. The highest BCUT2D eigenvalue weighted by Gasteiger charge is 2.12. The van der Waals surface area contributed by atoms with Gasteiger partial charge in [0.2, 0.25) is 0 Å². The van der Waals surface area contributed by atoms with Gasteiger partial charge in [0.15, 0.2) is 0 Å². The van der Waals surface area contributed by atoms with Gasteiger partial charge in [-0.3, -0.25) is 0 Å². The topological polar surface area (TPSA) is 26.0 Å². The lowest BCUT2D eigenvalue weighted by molar-refractivity contribution is 0.469. The molecule has 0 spiro atoms. The minimum absolute atomic E-state index is 0.0863. The molecule has 2 heteroatoms. The van der Waals surface area contributed by atoms with Crippen LogP contribution in [0.3, 0.4) is 0 Å². The average molecular weight is 195 g/mol. The molecule has 0 saturated heterocycles. The van der Waals surface area contributed by atoms with Crippen LogP contribution in [0.1, 0.15) is 31.4 Å². The van der Waals surface area contributed by atoms with Gasteiger partial charge >= 0.3 is 0 Å². The number of aryl methyl sites for hydroxylation is 2. The molecule has 0 amide bonds. The van der Waals surface area contributed by atoms with E-state index < -0.39 is 0 Å². The maximum absolute atomic E-state index is 13.5. The number of rotatable bonds is 3. The van der Waals surface area contributed by atoms with Crippen molar-refractivity contribution in [2.45, 2.75) is 39.2 Å². The molecule has 0 aliphatic carbocycles. The molecule has 14 heavy (non-hydrogen) atoms. The van der Waals surface area contributed by atoms with Crippen LogP contribution in [0.5, 0.6) is 0 Å². The van der Waals surface area contributed by atoms with Crippen LogP contribution >= 0.6 is 0 Å². The van der Waals surface area contributed by atoms with Crippen molar-refractivity contribution in [1.29, 1.82) is 0 Å². The third-order valence-electron chi connectivity index (χ3n) is 2.31. The molecule has 0 unspecified atom stereocenters. The van der Waals surface area contributed by atoms with Crippen LogP contribution < -0.4 is 5.73 Å². The second-order valence-electron chi connectivity index (χ2n) is 4.54. The van der Waals surface area contributed by atoms with Gasteiger partial charge in [0.1, 0.15) is 5.82 Å². The van der Waals surface area contributed by atoms with Crippen LogP contribution in [0.15, 0.2) is 18.2 Å². The molecule has 0 aromatic heterocycles. The Morgan fingerprint density at radius 2 is 2.00 bits per heavy atom. The Morgan fingerprint density at radius 1 is 1.36 bits per heavy atom. The van der Waals surface area contributed by atoms with Gasteiger partial charge in [0.25, 0.3) is 0 Å². The van der Waals surface area contributed by atoms with Gasteiger partial charge in [-0.15, -0.1) is 0 Å². The zero-order chi connectivity index (χ0) is 10.8. The van der Waals surface area contributed by atoms with E-state index in [1.165, 1.54) is 0 Å². The largest absolute Gasteiger partial charge is 0.326 e. The van der Waals surface area contributed by atoms with Crippen molar-refractivity contribution in [3.63, 3.8) is 0 Å². The molecule has 0 atom stereocenters. The highest BCUT2D eigenvalue weighted by Crippen LogP contribution is 2.16. The molecule has 1 aromatic rings. The molecule has 0 bridgehead atoms. The molecule has 0 aliphatic rings. The predicted molar refractivity (Wildman–Crippen MR) is 57.7 cm³/mol. The standard InChI is InChI=1S/C12H18FN/c1-9-5-4-6-10(11(9)13)7-8-12(2,3)14/h4-6H,7-8,14H2,1-3H3. The summed E-state index contributed by atoms with van der Waals surface area (Å²) in [6.45, 7) is 5.70. The van der Waals surface area contributed by atoms with Crippen molar-refractivity contribution < 1.29 is 4.39 Å². The van der Waals surface area contributed by atoms with E-state index >= 15 is 0 Å². The van der Waals surface area contributed by atoms with Gasteiger partial charge < -0.3 is 5.73 Å². The van der Waals surface area contributed by atoms with Crippen molar-refractivity contribution >= 4 is 0 Å². The number of benzene rings is 1. The van der Waals surface area contributed by atoms with E-state index in [-0.39, 0.29) is 11.4 Å². The number of halogens is 1. The first-order valence-electron chi connectivity index (χ1n) is 4.93. The lowest BCUT2D eigenvalue weighted by atomic mass is 9.95. The van der Waals surface area contributed by atoms with Gasteiger partial charge in [0, 0.05) is 5.54 Å². The summed E-state index contributed by atoms with van der Waals surface area (Å²) < 4.78 is 13.5. The Balaban J connectivity index is 2.73. The minimum Gasteiger partial charge on any atom is -0.326 e. The van der Waals surface area contributed by atoms with Crippen LogP contribution in [0.2, 0.25) is 0 Å². The minimum atomic E-state index is -0.226. The third-order valence-corrected chi connectivity index (χ3v) is 2.31. The fraction of sp³-hybridized carbons (Fsp3) is 0.500. The van der Waals surface area contributed by atoms with E-state index in [9.17, 15) is 4.39 Å². The summed E-state index contributed by atoms with van der Waals surface area (Å²) >= 11 is 0. The lowest BCUT2D eigenvalue weighted by Gasteiger charge is -2.18. The van der Waals surface area contributed by atoms with Gasteiger partial charge in [-0.1, -0.05) is 18.2 Å². The van der Waals surface area contributed by atoms with Crippen molar-refractivity contribution in [2.75, 3.05) is 0 Å². The van der Waals surface area contributed by atoms with Crippen molar-refractivity contribution in [3.05, 3.63) is 35.1 Å². The predicted octanol–water partition coefficient (Wildman–Crippen LogP) is 2.80. The molecule has 0 heterocycles. The van der Waals surface area contributed by atoms with Crippen LogP contribution in [0, 0.1) is 12.7 Å². The van der Waals surface area contributed by atoms with E-state index in [4.69, 9.17) is 5.73 Å². The molecule has 1 rings (SSSR count). The summed E-state index contributed by atoms with van der Waals surface area (Å²) in [6, 6.07) is 5.50. The molecular weight excluding hydrogens is 177 g/mol. The molecule has 2 N–H and O–H groups in total. The number of hydrogen-bond acceptors (Lipinski definition) is 1. The highest BCUT2D eigenvalue weighted by molar-refractivity contribution is 5.25. The maximum atomic E-state index is 13.5. The van der Waals surface area contributed by atoms with Crippen molar-refractivity contribution in [2.24, 2.45) is 5.73 Å². The first kappa shape index (κ1) is 11.2. The van der Waals surface area contributed by atoms with Crippen LogP contribution in [-0.2, 0) is 6.42 Å². The molecule has 78 valence electrons. The molecule has 1 aromatic carbocycles. The molecule has 0 radical (unpaired) electrons. The summed E-state index contributed by atoms with van der Waals surface area (Å²) in [4.78, 5) is 0. The Hall–Kier alpha value is -0.890.